The Morgan fingerprint density at radius 3 is 2.61 bits per heavy atom. The zero-order valence-corrected chi connectivity index (χ0v) is 20.3. The minimum Gasteiger partial charge on any atom is -0.462 e. The van der Waals surface area contributed by atoms with Crippen molar-refractivity contribution in [3.63, 3.8) is 0 Å². The third-order valence-electron chi connectivity index (χ3n) is 5.43. The highest BCUT2D eigenvalue weighted by atomic mass is 16.5. The molecule has 180 valence electrons. The van der Waals surface area contributed by atoms with Gasteiger partial charge in [-0.15, -0.1) is 0 Å². The van der Waals surface area contributed by atoms with Crippen LogP contribution in [-0.4, -0.2) is 67.4 Å². The van der Waals surface area contributed by atoms with Gasteiger partial charge in [0.05, 0.1) is 30.3 Å². The Bertz CT molecular complexity index is 879. The predicted molar refractivity (Wildman–Crippen MR) is 135 cm³/mol. The minimum absolute atomic E-state index is 0.381. The van der Waals surface area contributed by atoms with Crippen LogP contribution >= 0.6 is 0 Å². The molecule has 0 amide bonds. The topological polar surface area (TPSA) is 74.8 Å². The molecule has 8 heteroatoms. The van der Waals surface area contributed by atoms with Crippen molar-refractivity contribution in [1.82, 2.24) is 20.3 Å². The third kappa shape index (κ3) is 7.91. The van der Waals surface area contributed by atoms with Crippen molar-refractivity contribution in [3.05, 3.63) is 48.2 Å². The fourth-order valence-electron chi connectivity index (χ4n) is 3.70. The van der Waals surface area contributed by atoms with Crippen molar-refractivity contribution in [2.24, 2.45) is 0 Å². The molecule has 8 nitrogen and oxygen atoms in total. The summed E-state index contributed by atoms with van der Waals surface area (Å²) in [7, 11) is 0. The van der Waals surface area contributed by atoms with Crippen molar-refractivity contribution < 1.29 is 9.47 Å². The molecule has 0 atom stereocenters. The van der Waals surface area contributed by atoms with Crippen LogP contribution in [0.1, 0.15) is 37.9 Å². The monoisotopic (exact) mass is 454 g/mol. The molecule has 3 rings (SSSR count). The van der Waals surface area contributed by atoms with E-state index in [1.807, 2.05) is 18.2 Å². The molecule has 33 heavy (non-hydrogen) atoms. The lowest BCUT2D eigenvalue weighted by Crippen LogP contribution is -2.38. The van der Waals surface area contributed by atoms with Crippen molar-refractivity contribution >= 4 is 17.2 Å². The zero-order valence-electron chi connectivity index (χ0n) is 20.3. The Morgan fingerprint density at radius 1 is 1.15 bits per heavy atom. The summed E-state index contributed by atoms with van der Waals surface area (Å²) in [5.74, 6) is 0.864. The van der Waals surface area contributed by atoms with Gasteiger partial charge in [0, 0.05) is 38.8 Å². The fraction of sp³-hybridized carbons (Fsp3) is 0.520. The molecule has 2 N–H and O–H groups in total. The number of nitrogens with one attached hydrogen (secondary N) is 2. The van der Waals surface area contributed by atoms with Crippen molar-refractivity contribution in [2.45, 2.75) is 33.6 Å². The van der Waals surface area contributed by atoms with Gasteiger partial charge < -0.3 is 19.8 Å². The molecule has 0 unspecified atom stereocenters. The van der Waals surface area contributed by atoms with Gasteiger partial charge in [0.2, 0.25) is 0 Å². The molecular formula is C25H38N6O2. The highest BCUT2D eigenvalue weighted by molar-refractivity contribution is 5.63. The number of anilines is 2. The first-order valence-electron chi connectivity index (χ1n) is 11.9. The molecule has 1 fully saturated rings. The largest absolute Gasteiger partial charge is 0.462 e. The Labute approximate surface area is 198 Å². The summed E-state index contributed by atoms with van der Waals surface area (Å²) < 4.78 is 11.4. The number of nitrogens with zero attached hydrogens (tertiary/aromatic N) is 4. The molecule has 0 spiro atoms. The summed E-state index contributed by atoms with van der Waals surface area (Å²) in [5, 5.41) is 0. The fourth-order valence-corrected chi connectivity index (χ4v) is 3.70. The second-order valence-electron chi connectivity index (χ2n) is 8.28. The number of aryl methyl sites for hydroxylation is 1. The molecule has 2 aromatic rings. The van der Waals surface area contributed by atoms with E-state index in [2.05, 4.69) is 65.1 Å². The van der Waals surface area contributed by atoms with E-state index in [9.17, 15) is 0 Å². The molecule has 2 heterocycles. The van der Waals surface area contributed by atoms with E-state index in [0.717, 1.165) is 70.3 Å². The lowest BCUT2D eigenvalue weighted by atomic mass is 10.2. The average Bonchev–Trinajstić information content (AvgIpc) is 2.83. The van der Waals surface area contributed by atoms with Crippen LogP contribution in [0.4, 0.5) is 11.5 Å². The standard InChI is InChI=1S/C25H38N6O2/c1-5-10-31(11-6-2)24-19-23(21(4)28-29-22-9-7-8-20(3)18-22)26-25(27-24)33-17-14-30-12-15-32-16-13-30/h7-9,18-19,28-29H,4-6,10-17H2,1-3H3. The molecule has 1 aromatic heterocycles. The van der Waals surface area contributed by atoms with Crippen LogP contribution in [-0.2, 0) is 4.74 Å². The maximum atomic E-state index is 6.00. The first-order valence-corrected chi connectivity index (χ1v) is 11.9. The molecule has 0 aliphatic carbocycles. The summed E-state index contributed by atoms with van der Waals surface area (Å²) in [6, 6.07) is 10.5. The van der Waals surface area contributed by atoms with Crippen LogP contribution in [0.15, 0.2) is 36.9 Å². The Kier molecular flexibility index (Phi) is 9.77. The number of ether oxygens (including phenoxy) is 2. The molecule has 0 bridgehead atoms. The van der Waals surface area contributed by atoms with E-state index in [4.69, 9.17) is 14.5 Å². The smallest absolute Gasteiger partial charge is 0.319 e. The summed E-state index contributed by atoms with van der Waals surface area (Å²) in [5.41, 5.74) is 9.89. The van der Waals surface area contributed by atoms with E-state index >= 15 is 0 Å². The number of aromatic nitrogens is 2. The lowest BCUT2D eigenvalue weighted by Gasteiger charge is -2.26. The maximum Gasteiger partial charge on any atom is 0.319 e. The van der Waals surface area contributed by atoms with Crippen LogP contribution in [0.5, 0.6) is 6.01 Å². The Balaban J connectivity index is 1.72. The van der Waals surface area contributed by atoms with Gasteiger partial charge in [0.1, 0.15) is 12.4 Å². The van der Waals surface area contributed by atoms with Crippen molar-refractivity contribution in [1.29, 1.82) is 0 Å². The molecule has 0 radical (unpaired) electrons. The number of hydrogen-bond acceptors (Lipinski definition) is 8. The lowest BCUT2D eigenvalue weighted by molar-refractivity contribution is 0.0317. The summed E-state index contributed by atoms with van der Waals surface area (Å²) >= 11 is 0. The second-order valence-corrected chi connectivity index (χ2v) is 8.28. The highest BCUT2D eigenvalue weighted by Gasteiger charge is 2.15. The summed E-state index contributed by atoms with van der Waals surface area (Å²) in [6.07, 6.45) is 2.08. The number of hydrazine groups is 1. The molecule has 1 aromatic carbocycles. The van der Waals surface area contributed by atoms with E-state index in [1.165, 1.54) is 5.56 Å². The van der Waals surface area contributed by atoms with Crippen molar-refractivity contribution in [3.8, 4) is 6.01 Å². The van der Waals surface area contributed by atoms with E-state index in [1.54, 1.807) is 0 Å². The van der Waals surface area contributed by atoms with Crippen LogP contribution in [0.3, 0.4) is 0 Å². The average molecular weight is 455 g/mol. The molecular weight excluding hydrogens is 416 g/mol. The predicted octanol–water partition coefficient (Wildman–Crippen LogP) is 3.71. The van der Waals surface area contributed by atoms with Gasteiger partial charge in [-0.1, -0.05) is 32.6 Å². The molecule has 0 saturated carbocycles. The quantitative estimate of drug-likeness (QED) is 0.444. The minimum atomic E-state index is 0.381. The van der Waals surface area contributed by atoms with Crippen LogP contribution in [0.25, 0.3) is 5.70 Å². The van der Waals surface area contributed by atoms with Gasteiger partial charge in [-0.3, -0.25) is 10.3 Å². The third-order valence-corrected chi connectivity index (χ3v) is 5.43. The van der Waals surface area contributed by atoms with Gasteiger partial charge in [0.15, 0.2) is 0 Å². The number of rotatable bonds is 13. The molecule has 1 saturated heterocycles. The molecule has 1 aliphatic rings. The number of hydrogen-bond donors (Lipinski definition) is 2. The van der Waals surface area contributed by atoms with Crippen LogP contribution < -0.4 is 20.5 Å². The van der Waals surface area contributed by atoms with E-state index in [0.29, 0.717) is 24.0 Å². The van der Waals surface area contributed by atoms with Gasteiger partial charge in [0.25, 0.3) is 0 Å². The maximum absolute atomic E-state index is 6.00. The van der Waals surface area contributed by atoms with Gasteiger partial charge >= 0.3 is 6.01 Å². The SMILES string of the molecule is C=C(NNc1cccc(C)c1)c1cc(N(CCC)CCC)nc(OCCN2CCOCC2)n1. The Hall–Kier alpha value is -2.84. The second kappa shape index (κ2) is 13.0. The van der Waals surface area contributed by atoms with E-state index < -0.39 is 0 Å². The van der Waals surface area contributed by atoms with Crippen LogP contribution in [0, 0.1) is 6.92 Å². The van der Waals surface area contributed by atoms with E-state index in [-0.39, 0.29) is 0 Å². The van der Waals surface area contributed by atoms with Gasteiger partial charge in [-0.05, 0) is 37.5 Å². The normalized spacial score (nSPS) is 14.0. The van der Waals surface area contributed by atoms with Gasteiger partial charge in [-0.25, -0.2) is 0 Å². The number of benzene rings is 1. The van der Waals surface area contributed by atoms with Crippen molar-refractivity contribution in [2.75, 3.05) is 62.9 Å². The first-order chi connectivity index (χ1) is 16.1. The highest BCUT2D eigenvalue weighted by Crippen LogP contribution is 2.21. The van der Waals surface area contributed by atoms with Gasteiger partial charge in [-0.2, -0.15) is 9.97 Å². The summed E-state index contributed by atoms with van der Waals surface area (Å²) in [4.78, 5) is 14.0. The summed E-state index contributed by atoms with van der Waals surface area (Å²) in [6.45, 7) is 17.2. The Morgan fingerprint density at radius 2 is 1.91 bits per heavy atom. The first kappa shape index (κ1) is 24.8. The zero-order chi connectivity index (χ0) is 23.5. The van der Waals surface area contributed by atoms with Crippen LogP contribution in [0.2, 0.25) is 0 Å². The molecule has 1 aliphatic heterocycles. The number of morpholine rings is 1.